The summed E-state index contributed by atoms with van der Waals surface area (Å²) >= 11 is 0. The van der Waals surface area contributed by atoms with Gasteiger partial charge in [0.25, 0.3) is 0 Å². The summed E-state index contributed by atoms with van der Waals surface area (Å²) in [6.45, 7) is 2.50. The second kappa shape index (κ2) is 6.72. The summed E-state index contributed by atoms with van der Waals surface area (Å²) in [5, 5.41) is 0. The van der Waals surface area contributed by atoms with Crippen molar-refractivity contribution in [3.8, 4) is 5.75 Å². The molecule has 1 unspecified atom stereocenters. The molecular formula is C12H20N2O3S. The van der Waals surface area contributed by atoms with Gasteiger partial charge in [0, 0.05) is 12.3 Å². The van der Waals surface area contributed by atoms with Crippen molar-refractivity contribution in [2.24, 2.45) is 5.84 Å². The fourth-order valence-corrected chi connectivity index (χ4v) is 2.33. The first-order valence-electron chi connectivity index (χ1n) is 5.83. The molecule has 0 aliphatic carbocycles. The molecule has 1 aromatic carbocycles. The van der Waals surface area contributed by atoms with Crippen molar-refractivity contribution < 1.29 is 13.2 Å². The minimum absolute atomic E-state index is 0.0979. The Balaban J connectivity index is 2.78. The molecule has 0 aromatic heterocycles. The summed E-state index contributed by atoms with van der Waals surface area (Å²) in [5.41, 5.74) is 3.56. The summed E-state index contributed by atoms with van der Waals surface area (Å²) in [6.07, 6.45) is 1.65. The minimum Gasteiger partial charge on any atom is -0.494 e. The molecule has 0 radical (unpaired) electrons. The molecule has 0 fully saturated rings. The maximum absolute atomic E-state index is 11.2. The fourth-order valence-electron chi connectivity index (χ4n) is 1.67. The van der Waals surface area contributed by atoms with Crippen molar-refractivity contribution in [1.82, 2.24) is 5.43 Å². The lowest BCUT2D eigenvalue weighted by Gasteiger charge is -2.16. The SMILES string of the molecule is CCOc1cccc(C(CCS(C)(=O)=O)NN)c1. The Morgan fingerprint density at radius 1 is 1.44 bits per heavy atom. The van der Waals surface area contributed by atoms with Crippen LogP contribution < -0.4 is 16.0 Å². The predicted molar refractivity (Wildman–Crippen MR) is 72.0 cm³/mol. The first-order chi connectivity index (χ1) is 8.46. The van der Waals surface area contributed by atoms with E-state index in [1.54, 1.807) is 0 Å². The van der Waals surface area contributed by atoms with E-state index in [9.17, 15) is 8.42 Å². The van der Waals surface area contributed by atoms with Crippen molar-refractivity contribution >= 4 is 9.84 Å². The van der Waals surface area contributed by atoms with Gasteiger partial charge in [0.05, 0.1) is 12.4 Å². The number of benzene rings is 1. The molecule has 0 saturated heterocycles. The van der Waals surface area contributed by atoms with Crippen molar-refractivity contribution in [3.63, 3.8) is 0 Å². The molecule has 1 rings (SSSR count). The third kappa shape index (κ3) is 5.03. The molecule has 3 N–H and O–H groups in total. The van der Waals surface area contributed by atoms with Gasteiger partial charge in [0.1, 0.15) is 15.6 Å². The predicted octanol–water partition coefficient (Wildman–Crippen LogP) is 1.02. The lowest BCUT2D eigenvalue weighted by Crippen LogP contribution is -2.29. The number of hydrazine groups is 1. The molecule has 0 aliphatic heterocycles. The van der Waals surface area contributed by atoms with Crippen LogP contribution in [0, 0.1) is 0 Å². The summed E-state index contributed by atoms with van der Waals surface area (Å²) in [4.78, 5) is 0. The number of nitrogens with one attached hydrogen (secondary N) is 1. The molecule has 5 nitrogen and oxygen atoms in total. The van der Waals surface area contributed by atoms with Gasteiger partial charge in [-0.05, 0) is 31.0 Å². The number of sulfone groups is 1. The topological polar surface area (TPSA) is 81.4 Å². The van der Waals surface area contributed by atoms with E-state index >= 15 is 0 Å². The summed E-state index contributed by atoms with van der Waals surface area (Å²) in [7, 11) is -2.98. The lowest BCUT2D eigenvalue weighted by atomic mass is 10.1. The number of ether oxygens (including phenoxy) is 1. The highest BCUT2D eigenvalue weighted by atomic mass is 32.2. The van der Waals surface area contributed by atoms with Crippen LogP contribution >= 0.6 is 0 Å². The van der Waals surface area contributed by atoms with Gasteiger partial charge in [-0.2, -0.15) is 0 Å². The lowest BCUT2D eigenvalue weighted by molar-refractivity contribution is 0.339. The fraction of sp³-hybridized carbons (Fsp3) is 0.500. The third-order valence-electron chi connectivity index (χ3n) is 2.55. The van der Waals surface area contributed by atoms with E-state index in [-0.39, 0.29) is 11.8 Å². The van der Waals surface area contributed by atoms with E-state index in [2.05, 4.69) is 5.43 Å². The van der Waals surface area contributed by atoms with Crippen LogP contribution in [0.3, 0.4) is 0 Å². The van der Waals surface area contributed by atoms with Gasteiger partial charge < -0.3 is 4.74 Å². The van der Waals surface area contributed by atoms with Crippen LogP contribution in [0.15, 0.2) is 24.3 Å². The zero-order valence-electron chi connectivity index (χ0n) is 10.7. The standard InChI is InChI=1S/C12H20N2O3S/c1-3-17-11-6-4-5-10(9-11)12(14-13)7-8-18(2,15)16/h4-6,9,12,14H,3,7-8,13H2,1-2H3. The van der Waals surface area contributed by atoms with Crippen LogP contribution in [0.25, 0.3) is 0 Å². The normalized spacial score (nSPS) is 13.3. The van der Waals surface area contributed by atoms with E-state index in [0.717, 1.165) is 11.3 Å². The average Bonchev–Trinajstić information content (AvgIpc) is 2.29. The van der Waals surface area contributed by atoms with Gasteiger partial charge in [0.2, 0.25) is 0 Å². The minimum atomic E-state index is -2.98. The highest BCUT2D eigenvalue weighted by molar-refractivity contribution is 7.90. The van der Waals surface area contributed by atoms with Crippen molar-refractivity contribution in [2.75, 3.05) is 18.6 Å². The van der Waals surface area contributed by atoms with E-state index in [1.165, 1.54) is 6.26 Å². The Morgan fingerprint density at radius 3 is 2.72 bits per heavy atom. The molecule has 0 aliphatic rings. The summed E-state index contributed by atoms with van der Waals surface area (Å²) in [5.74, 6) is 6.33. The number of rotatable bonds is 7. The van der Waals surface area contributed by atoms with Gasteiger partial charge in [0.15, 0.2) is 0 Å². The number of hydrogen-bond donors (Lipinski definition) is 2. The highest BCUT2D eigenvalue weighted by Gasteiger charge is 2.13. The molecule has 0 amide bonds. The van der Waals surface area contributed by atoms with Crippen LogP contribution in [0.4, 0.5) is 0 Å². The van der Waals surface area contributed by atoms with Gasteiger partial charge in [-0.15, -0.1) is 0 Å². The Hall–Kier alpha value is -1.11. The second-order valence-electron chi connectivity index (χ2n) is 4.14. The van der Waals surface area contributed by atoms with E-state index in [4.69, 9.17) is 10.6 Å². The van der Waals surface area contributed by atoms with Crippen molar-refractivity contribution in [3.05, 3.63) is 29.8 Å². The molecule has 102 valence electrons. The molecule has 6 heteroatoms. The Kier molecular flexibility index (Phi) is 5.58. The van der Waals surface area contributed by atoms with Gasteiger partial charge in [-0.25, -0.2) is 8.42 Å². The van der Waals surface area contributed by atoms with Crippen LogP contribution in [-0.4, -0.2) is 27.0 Å². The van der Waals surface area contributed by atoms with Crippen LogP contribution in [0.1, 0.15) is 24.9 Å². The molecule has 18 heavy (non-hydrogen) atoms. The highest BCUT2D eigenvalue weighted by Crippen LogP contribution is 2.21. The number of hydrogen-bond acceptors (Lipinski definition) is 5. The third-order valence-corrected chi connectivity index (χ3v) is 3.53. The van der Waals surface area contributed by atoms with Crippen LogP contribution in [0.5, 0.6) is 5.75 Å². The molecule has 0 saturated carbocycles. The van der Waals surface area contributed by atoms with Gasteiger partial charge in [-0.3, -0.25) is 11.3 Å². The van der Waals surface area contributed by atoms with Crippen molar-refractivity contribution in [2.45, 2.75) is 19.4 Å². The van der Waals surface area contributed by atoms with Crippen LogP contribution in [-0.2, 0) is 9.84 Å². The van der Waals surface area contributed by atoms with Crippen LogP contribution in [0.2, 0.25) is 0 Å². The molecular weight excluding hydrogens is 252 g/mol. The van der Waals surface area contributed by atoms with Gasteiger partial charge in [-0.1, -0.05) is 12.1 Å². The first kappa shape index (κ1) is 14.9. The van der Waals surface area contributed by atoms with E-state index in [0.29, 0.717) is 13.0 Å². The molecule has 0 heterocycles. The molecule has 1 aromatic rings. The zero-order valence-corrected chi connectivity index (χ0v) is 11.5. The number of nitrogens with two attached hydrogens (primary N) is 1. The Bertz CT molecular complexity index is 474. The maximum atomic E-state index is 11.2. The van der Waals surface area contributed by atoms with E-state index in [1.807, 2.05) is 31.2 Å². The maximum Gasteiger partial charge on any atom is 0.147 e. The first-order valence-corrected chi connectivity index (χ1v) is 7.89. The van der Waals surface area contributed by atoms with E-state index < -0.39 is 9.84 Å². The smallest absolute Gasteiger partial charge is 0.147 e. The largest absolute Gasteiger partial charge is 0.494 e. The van der Waals surface area contributed by atoms with Gasteiger partial charge >= 0.3 is 0 Å². The summed E-state index contributed by atoms with van der Waals surface area (Å²) < 4.78 is 27.7. The average molecular weight is 272 g/mol. The zero-order chi connectivity index (χ0) is 13.6. The monoisotopic (exact) mass is 272 g/mol. The molecule has 0 bridgehead atoms. The Morgan fingerprint density at radius 2 is 2.17 bits per heavy atom. The molecule has 0 spiro atoms. The molecule has 1 atom stereocenters. The summed E-state index contributed by atoms with van der Waals surface area (Å²) in [6, 6.07) is 7.30. The Labute approximate surface area is 108 Å². The quantitative estimate of drug-likeness (QED) is 0.572. The second-order valence-corrected chi connectivity index (χ2v) is 6.40. The van der Waals surface area contributed by atoms with Crippen molar-refractivity contribution in [1.29, 1.82) is 0 Å².